The van der Waals surface area contributed by atoms with Gasteiger partial charge in [-0.05, 0) is 37.6 Å². The molecule has 0 aromatic heterocycles. The molecule has 0 saturated carbocycles. The third-order valence-electron chi connectivity index (χ3n) is 4.59. The van der Waals surface area contributed by atoms with Crippen molar-refractivity contribution in [2.75, 3.05) is 13.2 Å². The zero-order valence-electron chi connectivity index (χ0n) is 14.0. The Bertz CT molecular complexity index is 749. The maximum absolute atomic E-state index is 8.93. The van der Waals surface area contributed by atoms with Crippen molar-refractivity contribution in [2.45, 2.75) is 32.0 Å². The van der Waals surface area contributed by atoms with Gasteiger partial charge in [-0.25, -0.2) is 0 Å². The molecule has 24 heavy (non-hydrogen) atoms. The van der Waals surface area contributed by atoms with Crippen molar-refractivity contribution in [3.8, 4) is 6.07 Å². The first kappa shape index (κ1) is 17.0. The quantitative estimate of drug-likeness (QED) is 0.821. The molecule has 1 aliphatic rings. The van der Waals surface area contributed by atoms with E-state index in [4.69, 9.17) is 21.6 Å². The zero-order chi connectivity index (χ0) is 17.2. The van der Waals surface area contributed by atoms with E-state index < -0.39 is 0 Å². The molecule has 0 unspecified atom stereocenters. The van der Waals surface area contributed by atoms with E-state index in [9.17, 15) is 0 Å². The van der Waals surface area contributed by atoms with Crippen molar-refractivity contribution >= 4 is 11.6 Å². The SMILES string of the molecule is CC1(C)CO[C@@H](c2ccccc2Cl)CN1Cc1ccc(C#N)cc1. The van der Waals surface area contributed by atoms with Gasteiger partial charge in [0, 0.05) is 29.2 Å². The van der Waals surface area contributed by atoms with Crippen LogP contribution < -0.4 is 0 Å². The fourth-order valence-electron chi connectivity index (χ4n) is 3.00. The van der Waals surface area contributed by atoms with E-state index in [1.54, 1.807) is 0 Å². The second-order valence-electron chi connectivity index (χ2n) is 6.82. The lowest BCUT2D eigenvalue weighted by Crippen LogP contribution is -2.53. The van der Waals surface area contributed by atoms with E-state index in [0.717, 1.165) is 23.7 Å². The Morgan fingerprint density at radius 3 is 2.58 bits per heavy atom. The minimum absolute atomic E-state index is 0.0230. The van der Waals surface area contributed by atoms with Crippen molar-refractivity contribution in [3.05, 3.63) is 70.2 Å². The van der Waals surface area contributed by atoms with Crippen molar-refractivity contribution < 1.29 is 4.74 Å². The van der Waals surface area contributed by atoms with Crippen LogP contribution in [0.4, 0.5) is 0 Å². The van der Waals surface area contributed by atoms with Crippen LogP contribution in [-0.2, 0) is 11.3 Å². The molecule has 1 heterocycles. The fourth-order valence-corrected chi connectivity index (χ4v) is 3.26. The molecule has 0 aliphatic carbocycles. The summed E-state index contributed by atoms with van der Waals surface area (Å²) < 4.78 is 6.10. The van der Waals surface area contributed by atoms with Gasteiger partial charge in [0.05, 0.1) is 24.3 Å². The van der Waals surface area contributed by atoms with Crippen molar-refractivity contribution in [3.63, 3.8) is 0 Å². The van der Waals surface area contributed by atoms with Crippen LogP contribution in [0, 0.1) is 11.3 Å². The first-order chi connectivity index (χ1) is 11.5. The maximum Gasteiger partial charge on any atom is 0.0991 e. The lowest BCUT2D eigenvalue weighted by molar-refractivity contribution is -0.104. The molecule has 0 spiro atoms. The van der Waals surface area contributed by atoms with Gasteiger partial charge in [-0.3, -0.25) is 4.90 Å². The van der Waals surface area contributed by atoms with Gasteiger partial charge in [0.1, 0.15) is 0 Å². The zero-order valence-corrected chi connectivity index (χ0v) is 14.8. The number of halogens is 1. The van der Waals surface area contributed by atoms with Crippen molar-refractivity contribution in [1.29, 1.82) is 5.26 Å². The van der Waals surface area contributed by atoms with Crippen LogP contribution in [0.5, 0.6) is 0 Å². The summed E-state index contributed by atoms with van der Waals surface area (Å²) in [7, 11) is 0. The minimum atomic E-state index is -0.0499. The summed E-state index contributed by atoms with van der Waals surface area (Å²) in [5, 5.41) is 9.68. The van der Waals surface area contributed by atoms with Gasteiger partial charge in [-0.2, -0.15) is 5.26 Å². The van der Waals surface area contributed by atoms with E-state index in [1.807, 2.05) is 48.5 Å². The Labute approximate surface area is 148 Å². The molecule has 1 saturated heterocycles. The summed E-state index contributed by atoms with van der Waals surface area (Å²) in [4.78, 5) is 2.42. The number of rotatable bonds is 3. The van der Waals surface area contributed by atoms with Gasteiger partial charge < -0.3 is 4.74 Å². The van der Waals surface area contributed by atoms with Crippen molar-refractivity contribution in [1.82, 2.24) is 4.90 Å². The predicted octanol–water partition coefficient (Wildman–Crippen LogP) is 4.56. The monoisotopic (exact) mass is 340 g/mol. The van der Waals surface area contributed by atoms with E-state index in [1.165, 1.54) is 5.56 Å². The molecule has 0 amide bonds. The number of nitriles is 1. The molecule has 0 bridgehead atoms. The van der Waals surface area contributed by atoms with Gasteiger partial charge in [-0.1, -0.05) is 41.9 Å². The molecule has 3 nitrogen and oxygen atoms in total. The summed E-state index contributed by atoms with van der Waals surface area (Å²) in [6, 6.07) is 17.8. The van der Waals surface area contributed by atoms with Gasteiger partial charge in [0.15, 0.2) is 0 Å². The average molecular weight is 341 g/mol. The number of nitrogens with zero attached hydrogens (tertiary/aromatic N) is 2. The Morgan fingerprint density at radius 1 is 1.21 bits per heavy atom. The summed E-state index contributed by atoms with van der Waals surface area (Å²) in [6.45, 7) is 6.65. The van der Waals surface area contributed by atoms with Crippen molar-refractivity contribution in [2.24, 2.45) is 0 Å². The molecule has 1 aliphatic heterocycles. The average Bonchev–Trinajstić information content (AvgIpc) is 2.58. The van der Waals surface area contributed by atoms with E-state index in [0.29, 0.717) is 12.2 Å². The molecule has 2 aromatic rings. The van der Waals surface area contributed by atoms with E-state index >= 15 is 0 Å². The highest BCUT2D eigenvalue weighted by molar-refractivity contribution is 6.31. The molecule has 124 valence electrons. The molecule has 2 aromatic carbocycles. The van der Waals surface area contributed by atoms with Crippen LogP contribution in [-0.4, -0.2) is 23.6 Å². The lowest BCUT2D eigenvalue weighted by atomic mass is 9.97. The molecule has 1 fully saturated rings. The highest BCUT2D eigenvalue weighted by atomic mass is 35.5. The third kappa shape index (κ3) is 3.62. The molecule has 4 heteroatoms. The predicted molar refractivity (Wildman–Crippen MR) is 95.8 cm³/mol. The van der Waals surface area contributed by atoms with Crippen LogP contribution in [0.2, 0.25) is 5.02 Å². The summed E-state index contributed by atoms with van der Waals surface area (Å²) >= 11 is 6.34. The van der Waals surface area contributed by atoms with Crippen LogP contribution in [0.15, 0.2) is 48.5 Å². The number of hydrogen-bond acceptors (Lipinski definition) is 3. The smallest absolute Gasteiger partial charge is 0.0991 e. The Balaban J connectivity index is 1.79. The Kier molecular flexibility index (Phi) is 4.91. The summed E-state index contributed by atoms with van der Waals surface area (Å²) in [5.41, 5.74) is 2.88. The Hall–Kier alpha value is -1.86. The van der Waals surface area contributed by atoms with Gasteiger partial charge >= 0.3 is 0 Å². The van der Waals surface area contributed by atoms with Crippen LogP contribution >= 0.6 is 11.6 Å². The van der Waals surface area contributed by atoms with E-state index in [-0.39, 0.29) is 11.6 Å². The standard InChI is InChI=1S/C20H21ClN2O/c1-20(2)14-24-19(17-5-3-4-6-18(17)21)13-23(20)12-16-9-7-15(11-22)8-10-16/h3-10,19H,12-14H2,1-2H3/t19-/m1/s1. The second-order valence-corrected chi connectivity index (χ2v) is 7.23. The first-order valence-corrected chi connectivity index (χ1v) is 8.47. The largest absolute Gasteiger partial charge is 0.370 e. The molecular weight excluding hydrogens is 320 g/mol. The maximum atomic E-state index is 8.93. The summed E-state index contributed by atoms with van der Waals surface area (Å²) in [5.74, 6) is 0. The third-order valence-corrected chi connectivity index (χ3v) is 4.93. The topological polar surface area (TPSA) is 36.3 Å². The number of hydrogen-bond donors (Lipinski definition) is 0. The normalized spacial score (nSPS) is 20.5. The fraction of sp³-hybridized carbons (Fsp3) is 0.350. The highest BCUT2D eigenvalue weighted by Crippen LogP contribution is 2.34. The van der Waals surface area contributed by atoms with Crippen LogP contribution in [0.1, 0.15) is 36.6 Å². The number of benzene rings is 2. The number of ether oxygens (including phenoxy) is 1. The molecule has 1 atom stereocenters. The number of morpholine rings is 1. The molecule has 0 N–H and O–H groups in total. The molecule has 0 radical (unpaired) electrons. The van der Waals surface area contributed by atoms with E-state index in [2.05, 4.69) is 24.8 Å². The van der Waals surface area contributed by atoms with Crippen LogP contribution in [0.25, 0.3) is 0 Å². The van der Waals surface area contributed by atoms with Gasteiger partial charge in [0.2, 0.25) is 0 Å². The summed E-state index contributed by atoms with van der Waals surface area (Å²) in [6.07, 6.45) is -0.0230. The lowest BCUT2D eigenvalue weighted by Gasteiger charge is -2.45. The van der Waals surface area contributed by atoms with Gasteiger partial charge in [0.25, 0.3) is 0 Å². The highest BCUT2D eigenvalue weighted by Gasteiger charge is 2.36. The molecule has 3 rings (SSSR count). The van der Waals surface area contributed by atoms with Crippen LogP contribution in [0.3, 0.4) is 0 Å². The van der Waals surface area contributed by atoms with Gasteiger partial charge in [-0.15, -0.1) is 0 Å². The molecular formula is C20H21ClN2O. The Morgan fingerprint density at radius 2 is 1.92 bits per heavy atom. The first-order valence-electron chi connectivity index (χ1n) is 8.10. The minimum Gasteiger partial charge on any atom is -0.370 e. The second kappa shape index (κ2) is 6.94.